The fourth-order valence-electron chi connectivity index (χ4n) is 2.49. The Bertz CT molecular complexity index is 884. The average Bonchev–Trinajstić information content (AvgIpc) is 3.23. The molecule has 0 spiro atoms. The molecular weight excluding hydrogens is 339 g/mol. The largest absolute Gasteiger partial charge is 0.346 e. The summed E-state index contributed by atoms with van der Waals surface area (Å²) in [7, 11) is 0. The van der Waals surface area contributed by atoms with Crippen molar-refractivity contribution in [3.8, 4) is 5.69 Å². The number of thiazole rings is 1. The number of hydrogen-bond acceptors (Lipinski definition) is 4. The van der Waals surface area contributed by atoms with Gasteiger partial charge in [-0.25, -0.2) is 14.1 Å². The van der Waals surface area contributed by atoms with Gasteiger partial charge in [0.1, 0.15) is 10.8 Å². The van der Waals surface area contributed by atoms with Crippen molar-refractivity contribution in [3.05, 3.63) is 70.2 Å². The van der Waals surface area contributed by atoms with Crippen molar-refractivity contribution in [2.24, 2.45) is 0 Å². The molecule has 3 rings (SSSR count). The van der Waals surface area contributed by atoms with Gasteiger partial charge in [0.15, 0.2) is 0 Å². The summed E-state index contributed by atoms with van der Waals surface area (Å²) in [6.07, 6.45) is 6.56. The van der Waals surface area contributed by atoms with E-state index in [4.69, 9.17) is 0 Å². The molecule has 5 nitrogen and oxygen atoms in total. The number of rotatable bonds is 5. The van der Waals surface area contributed by atoms with E-state index in [1.165, 1.54) is 29.5 Å². The molecule has 1 N–H and O–H groups in total. The highest BCUT2D eigenvalue weighted by molar-refractivity contribution is 7.10. The van der Waals surface area contributed by atoms with Crippen LogP contribution in [0.2, 0.25) is 0 Å². The van der Waals surface area contributed by atoms with E-state index in [2.05, 4.69) is 15.4 Å². The fourth-order valence-corrected chi connectivity index (χ4v) is 3.02. The van der Waals surface area contributed by atoms with Crippen LogP contribution in [-0.4, -0.2) is 20.7 Å². The summed E-state index contributed by atoms with van der Waals surface area (Å²) in [6.45, 7) is 3.81. The van der Waals surface area contributed by atoms with Gasteiger partial charge in [-0.2, -0.15) is 5.10 Å². The Hall–Kier alpha value is -2.80. The molecule has 128 valence electrons. The van der Waals surface area contributed by atoms with Gasteiger partial charge in [-0.3, -0.25) is 4.79 Å². The number of nitrogens with one attached hydrogen (secondary N) is 1. The normalized spacial score (nSPS) is 12.4. The van der Waals surface area contributed by atoms with Gasteiger partial charge in [0, 0.05) is 28.9 Å². The molecule has 0 fully saturated rings. The third kappa shape index (κ3) is 4.00. The van der Waals surface area contributed by atoms with E-state index in [1.54, 1.807) is 35.3 Å². The van der Waals surface area contributed by atoms with Gasteiger partial charge in [-0.05, 0) is 44.2 Å². The van der Waals surface area contributed by atoms with Crippen LogP contribution < -0.4 is 5.32 Å². The number of amides is 1. The van der Waals surface area contributed by atoms with Gasteiger partial charge in [-0.15, -0.1) is 11.3 Å². The summed E-state index contributed by atoms with van der Waals surface area (Å²) in [5, 5.41) is 9.89. The standard InChI is InChI=1S/C18H17FN4OS/c1-12(22-17(24)7-8-18-20-9-10-25-18)16-11-21-23(13(16)2)15-5-3-14(19)4-6-15/h3-12H,1-2H3,(H,22,24)/b8-7-/t12-/m0/s1. The van der Waals surface area contributed by atoms with Crippen molar-refractivity contribution in [3.63, 3.8) is 0 Å². The van der Waals surface area contributed by atoms with E-state index in [-0.39, 0.29) is 17.8 Å². The SMILES string of the molecule is Cc1c([C@H](C)NC(=O)/C=C\c2nccs2)cnn1-c1ccc(F)cc1. The number of halogens is 1. The lowest BCUT2D eigenvalue weighted by atomic mass is 10.1. The minimum atomic E-state index is -0.290. The van der Waals surface area contributed by atoms with E-state index >= 15 is 0 Å². The summed E-state index contributed by atoms with van der Waals surface area (Å²) in [5.74, 6) is -0.488. The minimum Gasteiger partial charge on any atom is -0.346 e. The summed E-state index contributed by atoms with van der Waals surface area (Å²) in [5.41, 5.74) is 2.57. The van der Waals surface area contributed by atoms with E-state index in [9.17, 15) is 9.18 Å². The quantitative estimate of drug-likeness (QED) is 0.710. The maximum absolute atomic E-state index is 13.1. The van der Waals surface area contributed by atoms with Crippen molar-refractivity contribution in [1.29, 1.82) is 0 Å². The second kappa shape index (κ2) is 7.40. The third-order valence-corrected chi connectivity index (χ3v) is 4.51. The van der Waals surface area contributed by atoms with Crippen LogP contribution in [0, 0.1) is 12.7 Å². The lowest BCUT2D eigenvalue weighted by Crippen LogP contribution is -2.25. The second-order valence-electron chi connectivity index (χ2n) is 5.51. The lowest BCUT2D eigenvalue weighted by Gasteiger charge is -2.13. The van der Waals surface area contributed by atoms with Crippen molar-refractivity contribution in [2.75, 3.05) is 0 Å². The second-order valence-corrected chi connectivity index (χ2v) is 6.43. The van der Waals surface area contributed by atoms with Gasteiger partial charge in [0.25, 0.3) is 0 Å². The molecule has 0 bridgehead atoms. The molecular formula is C18H17FN4OS. The molecule has 2 aromatic heterocycles. The van der Waals surface area contributed by atoms with Crippen molar-refractivity contribution >= 4 is 23.3 Å². The van der Waals surface area contributed by atoms with Crippen LogP contribution in [0.1, 0.15) is 29.2 Å². The highest BCUT2D eigenvalue weighted by atomic mass is 32.1. The molecule has 1 aromatic carbocycles. The Kier molecular flexibility index (Phi) is 5.04. The average molecular weight is 356 g/mol. The number of hydrogen-bond donors (Lipinski definition) is 1. The predicted molar refractivity (Wildman–Crippen MR) is 96.0 cm³/mol. The first-order chi connectivity index (χ1) is 12.0. The number of aromatic nitrogens is 3. The molecule has 0 unspecified atom stereocenters. The number of nitrogens with zero attached hydrogens (tertiary/aromatic N) is 3. The van der Waals surface area contributed by atoms with Crippen molar-refractivity contribution in [1.82, 2.24) is 20.1 Å². The van der Waals surface area contributed by atoms with E-state index < -0.39 is 0 Å². The zero-order valence-corrected chi connectivity index (χ0v) is 14.6. The number of carbonyl (C=O) groups is 1. The lowest BCUT2D eigenvalue weighted by molar-refractivity contribution is -0.117. The molecule has 0 saturated carbocycles. The highest BCUT2D eigenvalue weighted by Gasteiger charge is 2.15. The van der Waals surface area contributed by atoms with Gasteiger partial charge in [-0.1, -0.05) is 0 Å². The topological polar surface area (TPSA) is 59.8 Å². The number of carbonyl (C=O) groups excluding carboxylic acids is 1. The minimum absolute atomic E-state index is 0.198. The first-order valence-electron chi connectivity index (χ1n) is 7.73. The molecule has 3 aromatic rings. The Balaban J connectivity index is 1.71. The van der Waals surface area contributed by atoms with Gasteiger partial charge in [0.05, 0.1) is 17.9 Å². The molecule has 25 heavy (non-hydrogen) atoms. The van der Waals surface area contributed by atoms with Crippen LogP contribution in [0.25, 0.3) is 11.8 Å². The Morgan fingerprint density at radius 3 is 2.80 bits per heavy atom. The molecule has 1 atom stereocenters. The van der Waals surface area contributed by atoms with Gasteiger partial charge >= 0.3 is 0 Å². The fraction of sp³-hybridized carbons (Fsp3) is 0.167. The summed E-state index contributed by atoms with van der Waals surface area (Å²) in [4.78, 5) is 16.2. The molecule has 0 aliphatic carbocycles. The first kappa shape index (κ1) is 17.0. The Labute approximate surface area is 148 Å². The maximum atomic E-state index is 13.1. The van der Waals surface area contributed by atoms with Gasteiger partial charge in [0.2, 0.25) is 5.91 Å². The Morgan fingerprint density at radius 1 is 1.36 bits per heavy atom. The summed E-state index contributed by atoms with van der Waals surface area (Å²) < 4.78 is 14.8. The van der Waals surface area contributed by atoms with Crippen molar-refractivity contribution in [2.45, 2.75) is 19.9 Å². The van der Waals surface area contributed by atoms with Crippen LogP contribution in [-0.2, 0) is 4.79 Å². The molecule has 0 aliphatic rings. The third-order valence-electron chi connectivity index (χ3n) is 3.77. The van der Waals surface area contributed by atoms with Crippen LogP contribution in [0.4, 0.5) is 4.39 Å². The smallest absolute Gasteiger partial charge is 0.244 e. The monoisotopic (exact) mass is 356 g/mol. The van der Waals surface area contributed by atoms with Crippen molar-refractivity contribution < 1.29 is 9.18 Å². The molecule has 7 heteroatoms. The highest BCUT2D eigenvalue weighted by Crippen LogP contribution is 2.20. The van der Waals surface area contributed by atoms with Crippen LogP contribution in [0.5, 0.6) is 0 Å². The van der Waals surface area contributed by atoms with Crippen LogP contribution in [0.15, 0.2) is 48.1 Å². The molecule has 0 saturated heterocycles. The predicted octanol–water partition coefficient (Wildman–Crippen LogP) is 3.67. The zero-order chi connectivity index (χ0) is 17.8. The van der Waals surface area contributed by atoms with E-state index in [0.717, 1.165) is 22.0 Å². The van der Waals surface area contributed by atoms with Gasteiger partial charge < -0.3 is 5.32 Å². The van der Waals surface area contributed by atoms with Crippen LogP contribution >= 0.6 is 11.3 Å². The zero-order valence-electron chi connectivity index (χ0n) is 13.8. The molecule has 0 radical (unpaired) electrons. The van der Waals surface area contributed by atoms with E-state index in [0.29, 0.717) is 0 Å². The summed E-state index contributed by atoms with van der Waals surface area (Å²) >= 11 is 1.47. The number of benzene rings is 1. The molecule has 2 heterocycles. The Morgan fingerprint density at radius 2 is 2.12 bits per heavy atom. The van der Waals surface area contributed by atoms with E-state index in [1.807, 2.05) is 19.2 Å². The van der Waals surface area contributed by atoms with Crippen LogP contribution in [0.3, 0.4) is 0 Å². The molecule has 1 amide bonds. The summed E-state index contributed by atoms with van der Waals surface area (Å²) in [6, 6.07) is 5.91. The maximum Gasteiger partial charge on any atom is 0.244 e. The molecule has 0 aliphatic heterocycles. The first-order valence-corrected chi connectivity index (χ1v) is 8.61.